The lowest BCUT2D eigenvalue weighted by Crippen LogP contribution is -2.44. The van der Waals surface area contributed by atoms with E-state index >= 15 is 0 Å². The second-order valence-electron chi connectivity index (χ2n) is 7.35. The van der Waals surface area contributed by atoms with Crippen molar-refractivity contribution in [2.75, 3.05) is 19.7 Å². The highest BCUT2D eigenvalue weighted by molar-refractivity contribution is 5.94. The van der Waals surface area contributed by atoms with E-state index in [0.717, 1.165) is 6.42 Å². The van der Waals surface area contributed by atoms with Gasteiger partial charge in [0.1, 0.15) is 0 Å². The SMILES string of the molecule is CC1CC(C)CN(C(=O)COC(=O)CC(C)NC(=O)c2ccccc2)C1. The first-order chi connectivity index (χ1) is 12.3. The van der Waals surface area contributed by atoms with Crippen molar-refractivity contribution in [3.63, 3.8) is 0 Å². The summed E-state index contributed by atoms with van der Waals surface area (Å²) in [5.41, 5.74) is 0.538. The molecule has 1 N–H and O–H groups in total. The smallest absolute Gasteiger partial charge is 0.308 e. The lowest BCUT2D eigenvalue weighted by atomic mass is 9.92. The topological polar surface area (TPSA) is 75.7 Å². The van der Waals surface area contributed by atoms with Crippen molar-refractivity contribution in [1.82, 2.24) is 10.2 Å². The molecule has 1 fully saturated rings. The van der Waals surface area contributed by atoms with E-state index in [0.29, 0.717) is 30.5 Å². The summed E-state index contributed by atoms with van der Waals surface area (Å²) in [4.78, 5) is 38.0. The summed E-state index contributed by atoms with van der Waals surface area (Å²) in [5, 5.41) is 2.75. The van der Waals surface area contributed by atoms with E-state index in [4.69, 9.17) is 4.74 Å². The first-order valence-corrected chi connectivity index (χ1v) is 9.14. The van der Waals surface area contributed by atoms with Gasteiger partial charge in [0.25, 0.3) is 11.8 Å². The molecule has 0 spiro atoms. The maximum absolute atomic E-state index is 12.2. The second kappa shape index (κ2) is 9.36. The van der Waals surface area contributed by atoms with E-state index in [9.17, 15) is 14.4 Å². The summed E-state index contributed by atoms with van der Waals surface area (Å²) in [5.74, 6) is 0.0477. The van der Waals surface area contributed by atoms with Gasteiger partial charge in [-0.1, -0.05) is 32.0 Å². The van der Waals surface area contributed by atoms with E-state index in [1.165, 1.54) is 0 Å². The number of ether oxygens (including phenoxy) is 1. The average molecular weight is 360 g/mol. The molecule has 142 valence electrons. The summed E-state index contributed by atoms with van der Waals surface area (Å²) in [6.07, 6.45) is 1.14. The van der Waals surface area contributed by atoms with Crippen molar-refractivity contribution < 1.29 is 19.1 Å². The van der Waals surface area contributed by atoms with E-state index in [-0.39, 0.29) is 30.9 Å². The van der Waals surface area contributed by atoms with Gasteiger partial charge < -0.3 is 15.0 Å². The number of hydrogen-bond acceptors (Lipinski definition) is 4. The molecule has 6 heteroatoms. The summed E-state index contributed by atoms with van der Waals surface area (Å²) >= 11 is 0. The first kappa shape index (κ1) is 19.9. The van der Waals surface area contributed by atoms with Gasteiger partial charge >= 0.3 is 5.97 Å². The summed E-state index contributed by atoms with van der Waals surface area (Å²) in [7, 11) is 0. The molecule has 0 aliphatic carbocycles. The van der Waals surface area contributed by atoms with Crippen LogP contribution in [-0.2, 0) is 14.3 Å². The number of likely N-dealkylation sites (tertiary alicyclic amines) is 1. The number of carbonyl (C=O) groups is 3. The molecule has 1 aliphatic heterocycles. The van der Waals surface area contributed by atoms with Crippen LogP contribution in [0.2, 0.25) is 0 Å². The van der Waals surface area contributed by atoms with Crippen molar-refractivity contribution in [2.45, 2.75) is 39.7 Å². The number of hydrogen-bond donors (Lipinski definition) is 1. The Labute approximate surface area is 154 Å². The zero-order valence-electron chi connectivity index (χ0n) is 15.7. The standard InChI is InChI=1S/C20H28N2O4/c1-14-9-15(2)12-22(11-14)18(23)13-26-19(24)10-16(3)21-20(25)17-7-5-4-6-8-17/h4-8,14-16H,9-13H2,1-3H3,(H,21,25). The molecule has 1 aromatic carbocycles. The molecule has 1 heterocycles. The van der Waals surface area contributed by atoms with Crippen LogP contribution in [0.25, 0.3) is 0 Å². The van der Waals surface area contributed by atoms with Crippen molar-refractivity contribution in [1.29, 1.82) is 0 Å². The zero-order valence-corrected chi connectivity index (χ0v) is 15.7. The highest BCUT2D eigenvalue weighted by Gasteiger charge is 2.26. The minimum absolute atomic E-state index is 0.0264. The Morgan fingerprint density at radius 1 is 1.15 bits per heavy atom. The molecule has 0 aromatic heterocycles. The van der Waals surface area contributed by atoms with Gasteiger partial charge in [0.15, 0.2) is 6.61 Å². The summed E-state index contributed by atoms with van der Waals surface area (Å²) < 4.78 is 5.10. The van der Waals surface area contributed by atoms with Gasteiger partial charge in [0.2, 0.25) is 0 Å². The quantitative estimate of drug-likeness (QED) is 0.790. The van der Waals surface area contributed by atoms with Gasteiger partial charge in [-0.05, 0) is 37.3 Å². The van der Waals surface area contributed by atoms with Crippen LogP contribution in [0.15, 0.2) is 30.3 Å². The second-order valence-corrected chi connectivity index (χ2v) is 7.35. The molecule has 1 saturated heterocycles. The van der Waals surface area contributed by atoms with Crippen LogP contribution in [0.5, 0.6) is 0 Å². The normalized spacial score (nSPS) is 21.0. The number of carbonyl (C=O) groups excluding carboxylic acids is 3. The van der Waals surface area contributed by atoms with Gasteiger partial charge in [-0.3, -0.25) is 14.4 Å². The van der Waals surface area contributed by atoms with Crippen molar-refractivity contribution in [2.24, 2.45) is 11.8 Å². The predicted molar refractivity (Wildman–Crippen MR) is 98.5 cm³/mol. The number of amides is 2. The predicted octanol–water partition coefficient (Wildman–Crippen LogP) is 2.24. The molecule has 1 aliphatic rings. The number of esters is 1. The van der Waals surface area contributed by atoms with Crippen LogP contribution in [0.4, 0.5) is 0 Å². The van der Waals surface area contributed by atoms with E-state index in [1.807, 2.05) is 6.07 Å². The molecular weight excluding hydrogens is 332 g/mol. The Kier molecular flexibility index (Phi) is 7.18. The van der Waals surface area contributed by atoms with Gasteiger partial charge in [-0.2, -0.15) is 0 Å². The number of rotatable bonds is 6. The largest absolute Gasteiger partial charge is 0.456 e. The molecular formula is C20H28N2O4. The van der Waals surface area contributed by atoms with Gasteiger partial charge in [-0.15, -0.1) is 0 Å². The molecule has 0 saturated carbocycles. The maximum Gasteiger partial charge on any atom is 0.308 e. The molecule has 1 aromatic rings. The van der Waals surface area contributed by atoms with Gasteiger partial charge in [0.05, 0.1) is 6.42 Å². The first-order valence-electron chi connectivity index (χ1n) is 9.14. The highest BCUT2D eigenvalue weighted by atomic mass is 16.5. The fourth-order valence-corrected chi connectivity index (χ4v) is 3.36. The highest BCUT2D eigenvalue weighted by Crippen LogP contribution is 2.20. The minimum Gasteiger partial charge on any atom is -0.456 e. The third kappa shape index (κ3) is 6.17. The molecule has 3 atom stereocenters. The monoisotopic (exact) mass is 360 g/mol. The lowest BCUT2D eigenvalue weighted by Gasteiger charge is -2.34. The molecule has 2 amide bonds. The Balaban J connectivity index is 1.72. The Hall–Kier alpha value is -2.37. The van der Waals surface area contributed by atoms with E-state index in [1.54, 1.807) is 36.1 Å². The van der Waals surface area contributed by atoms with Gasteiger partial charge in [0, 0.05) is 24.7 Å². The van der Waals surface area contributed by atoms with Crippen molar-refractivity contribution in [3.8, 4) is 0 Å². The third-order valence-corrected chi connectivity index (χ3v) is 4.46. The number of benzene rings is 1. The molecule has 0 bridgehead atoms. The van der Waals surface area contributed by atoms with E-state index < -0.39 is 5.97 Å². The minimum atomic E-state index is -0.489. The fraction of sp³-hybridized carbons (Fsp3) is 0.550. The maximum atomic E-state index is 12.2. The Bertz CT molecular complexity index is 622. The van der Waals surface area contributed by atoms with Crippen LogP contribution < -0.4 is 5.32 Å². The van der Waals surface area contributed by atoms with Crippen LogP contribution in [-0.4, -0.2) is 48.4 Å². The number of nitrogens with one attached hydrogen (secondary N) is 1. The Morgan fingerprint density at radius 3 is 2.38 bits per heavy atom. The molecule has 26 heavy (non-hydrogen) atoms. The van der Waals surface area contributed by atoms with Crippen LogP contribution in [0.3, 0.4) is 0 Å². The average Bonchev–Trinajstić information content (AvgIpc) is 2.59. The summed E-state index contributed by atoms with van der Waals surface area (Å²) in [6.45, 7) is 7.17. The molecule has 2 rings (SSSR count). The molecule has 0 radical (unpaired) electrons. The van der Waals surface area contributed by atoms with Crippen molar-refractivity contribution in [3.05, 3.63) is 35.9 Å². The number of nitrogens with zero attached hydrogens (tertiary/aromatic N) is 1. The lowest BCUT2D eigenvalue weighted by molar-refractivity contribution is -0.153. The molecule has 6 nitrogen and oxygen atoms in total. The fourth-order valence-electron chi connectivity index (χ4n) is 3.36. The summed E-state index contributed by atoms with van der Waals surface area (Å²) in [6, 6.07) is 8.43. The van der Waals surface area contributed by atoms with Crippen LogP contribution >= 0.6 is 0 Å². The van der Waals surface area contributed by atoms with Crippen LogP contribution in [0.1, 0.15) is 44.0 Å². The third-order valence-electron chi connectivity index (χ3n) is 4.46. The van der Waals surface area contributed by atoms with Crippen LogP contribution in [0, 0.1) is 11.8 Å². The van der Waals surface area contributed by atoms with Crippen molar-refractivity contribution >= 4 is 17.8 Å². The molecule has 3 unspecified atom stereocenters. The van der Waals surface area contributed by atoms with E-state index in [2.05, 4.69) is 19.2 Å². The Morgan fingerprint density at radius 2 is 1.77 bits per heavy atom. The number of piperidine rings is 1. The van der Waals surface area contributed by atoms with Gasteiger partial charge in [-0.25, -0.2) is 0 Å². The zero-order chi connectivity index (χ0) is 19.1.